The zero-order valence-corrected chi connectivity index (χ0v) is 11.8. The van der Waals surface area contributed by atoms with Crippen LogP contribution in [0.1, 0.15) is 38.4 Å². The van der Waals surface area contributed by atoms with Gasteiger partial charge in [0.1, 0.15) is 11.3 Å². The summed E-state index contributed by atoms with van der Waals surface area (Å²) in [5.41, 5.74) is 8.32. The first kappa shape index (κ1) is 12.6. The van der Waals surface area contributed by atoms with Gasteiger partial charge in [-0.3, -0.25) is 4.98 Å². The van der Waals surface area contributed by atoms with E-state index >= 15 is 0 Å². The van der Waals surface area contributed by atoms with Crippen molar-refractivity contribution >= 4 is 11.0 Å². The Balaban J connectivity index is 2.09. The highest BCUT2D eigenvalue weighted by molar-refractivity contribution is 5.74. The van der Waals surface area contributed by atoms with Crippen LogP contribution >= 0.6 is 0 Å². The summed E-state index contributed by atoms with van der Waals surface area (Å²) in [5, 5.41) is 0. The zero-order valence-electron chi connectivity index (χ0n) is 11.8. The van der Waals surface area contributed by atoms with Crippen molar-refractivity contribution < 1.29 is 0 Å². The van der Waals surface area contributed by atoms with E-state index in [2.05, 4.69) is 23.5 Å². The molecule has 0 spiro atoms. The summed E-state index contributed by atoms with van der Waals surface area (Å²) in [4.78, 5) is 8.99. The molecular weight excluding hydrogens is 236 g/mol. The first-order valence-electron chi connectivity index (χ1n) is 7.13. The van der Waals surface area contributed by atoms with Gasteiger partial charge in [0.15, 0.2) is 0 Å². The van der Waals surface area contributed by atoms with Gasteiger partial charge in [-0.15, -0.1) is 0 Å². The van der Waals surface area contributed by atoms with Gasteiger partial charge in [-0.05, 0) is 37.7 Å². The third kappa shape index (κ3) is 1.94. The Hall–Kier alpha value is -1.42. The molecule has 19 heavy (non-hydrogen) atoms. The molecule has 0 radical (unpaired) electrons. The van der Waals surface area contributed by atoms with Crippen LogP contribution < -0.4 is 5.73 Å². The molecule has 2 N–H and O–H groups in total. The molecule has 4 heteroatoms. The van der Waals surface area contributed by atoms with Crippen LogP contribution in [0.4, 0.5) is 0 Å². The van der Waals surface area contributed by atoms with Gasteiger partial charge in [-0.25, -0.2) is 4.98 Å². The molecule has 102 valence electrons. The SMILES string of the molecule is CC1CCC(CN)(c2nc3cnccc3n2C)CC1. The fraction of sp³-hybridized carbons (Fsp3) is 0.600. The van der Waals surface area contributed by atoms with Gasteiger partial charge >= 0.3 is 0 Å². The molecule has 0 saturated heterocycles. The molecule has 1 saturated carbocycles. The van der Waals surface area contributed by atoms with Crippen molar-refractivity contribution in [2.45, 2.75) is 38.0 Å². The highest BCUT2D eigenvalue weighted by Gasteiger charge is 2.38. The maximum Gasteiger partial charge on any atom is 0.117 e. The Bertz CT molecular complexity index is 579. The number of imidazole rings is 1. The first-order valence-corrected chi connectivity index (χ1v) is 7.13. The monoisotopic (exact) mass is 258 g/mol. The number of pyridine rings is 1. The third-order valence-electron chi connectivity index (χ3n) is 4.78. The van der Waals surface area contributed by atoms with Crippen molar-refractivity contribution in [3.05, 3.63) is 24.3 Å². The molecule has 2 heterocycles. The molecule has 0 bridgehead atoms. The quantitative estimate of drug-likeness (QED) is 0.899. The number of nitrogens with two attached hydrogens (primary N) is 1. The normalized spacial score (nSPS) is 27.8. The first-order chi connectivity index (χ1) is 9.16. The highest BCUT2D eigenvalue weighted by Crippen LogP contribution is 2.40. The fourth-order valence-corrected chi connectivity index (χ4v) is 3.36. The van der Waals surface area contributed by atoms with Crippen molar-refractivity contribution in [2.75, 3.05) is 6.54 Å². The van der Waals surface area contributed by atoms with Gasteiger partial charge in [0.25, 0.3) is 0 Å². The standard InChI is InChI=1S/C15H22N4/c1-11-3-6-15(10-16,7-4-11)14-18-12-9-17-8-5-13(12)19(14)2/h5,8-9,11H,3-4,6-7,10,16H2,1-2H3. The van der Waals surface area contributed by atoms with E-state index in [4.69, 9.17) is 10.7 Å². The van der Waals surface area contributed by atoms with E-state index in [1.54, 1.807) is 0 Å². The minimum Gasteiger partial charge on any atom is -0.331 e. The number of fused-ring (bicyclic) bond motifs is 1. The maximum absolute atomic E-state index is 6.14. The molecule has 2 aromatic rings. The Morgan fingerprint density at radius 1 is 1.42 bits per heavy atom. The zero-order chi connectivity index (χ0) is 13.5. The number of aromatic nitrogens is 3. The minimum absolute atomic E-state index is 0.0558. The number of aryl methyl sites for hydroxylation is 1. The van der Waals surface area contributed by atoms with Gasteiger partial charge < -0.3 is 10.3 Å². The van der Waals surface area contributed by atoms with Crippen LogP contribution in [-0.4, -0.2) is 21.1 Å². The van der Waals surface area contributed by atoms with Crippen LogP contribution in [0.5, 0.6) is 0 Å². The summed E-state index contributed by atoms with van der Waals surface area (Å²) in [7, 11) is 2.10. The molecule has 1 aliphatic carbocycles. The minimum atomic E-state index is 0.0558. The lowest BCUT2D eigenvalue weighted by Gasteiger charge is -2.37. The Morgan fingerprint density at radius 2 is 2.16 bits per heavy atom. The Labute approximate surface area is 114 Å². The highest BCUT2D eigenvalue weighted by atomic mass is 15.1. The second kappa shape index (κ2) is 4.60. The average molecular weight is 258 g/mol. The van der Waals surface area contributed by atoms with E-state index < -0.39 is 0 Å². The predicted octanol–water partition coefficient (Wildman–Crippen LogP) is 2.37. The molecule has 1 fully saturated rings. The van der Waals surface area contributed by atoms with Gasteiger partial charge in [-0.2, -0.15) is 0 Å². The largest absolute Gasteiger partial charge is 0.331 e. The van der Waals surface area contributed by atoms with Gasteiger partial charge in [0.2, 0.25) is 0 Å². The van der Waals surface area contributed by atoms with E-state index in [-0.39, 0.29) is 5.41 Å². The molecule has 0 amide bonds. The smallest absolute Gasteiger partial charge is 0.117 e. The Kier molecular flexibility index (Phi) is 3.05. The van der Waals surface area contributed by atoms with Crippen LogP contribution in [0, 0.1) is 5.92 Å². The van der Waals surface area contributed by atoms with E-state index in [9.17, 15) is 0 Å². The lowest BCUT2D eigenvalue weighted by Crippen LogP contribution is -2.40. The van der Waals surface area contributed by atoms with E-state index in [1.165, 1.54) is 12.8 Å². The van der Waals surface area contributed by atoms with E-state index in [0.29, 0.717) is 6.54 Å². The number of rotatable bonds is 2. The number of hydrogen-bond donors (Lipinski definition) is 1. The molecule has 0 aromatic carbocycles. The predicted molar refractivity (Wildman–Crippen MR) is 76.9 cm³/mol. The maximum atomic E-state index is 6.14. The summed E-state index contributed by atoms with van der Waals surface area (Å²) < 4.78 is 2.21. The summed E-state index contributed by atoms with van der Waals surface area (Å²) in [6.07, 6.45) is 8.46. The summed E-state index contributed by atoms with van der Waals surface area (Å²) >= 11 is 0. The second-order valence-electron chi connectivity index (χ2n) is 6.03. The molecule has 3 rings (SSSR count). The topological polar surface area (TPSA) is 56.7 Å². The van der Waals surface area contributed by atoms with Crippen LogP contribution in [-0.2, 0) is 12.5 Å². The van der Waals surface area contributed by atoms with E-state index in [0.717, 1.165) is 35.6 Å². The fourth-order valence-electron chi connectivity index (χ4n) is 3.36. The van der Waals surface area contributed by atoms with Gasteiger partial charge in [-0.1, -0.05) is 6.92 Å². The summed E-state index contributed by atoms with van der Waals surface area (Å²) in [5.74, 6) is 1.96. The van der Waals surface area contributed by atoms with Crippen molar-refractivity contribution in [1.82, 2.24) is 14.5 Å². The molecule has 0 unspecified atom stereocenters. The molecular formula is C15H22N4. The number of hydrogen-bond acceptors (Lipinski definition) is 3. The molecule has 4 nitrogen and oxygen atoms in total. The van der Waals surface area contributed by atoms with Gasteiger partial charge in [0, 0.05) is 25.2 Å². The molecule has 1 aliphatic rings. The van der Waals surface area contributed by atoms with Crippen LogP contribution in [0.3, 0.4) is 0 Å². The molecule has 2 aromatic heterocycles. The third-order valence-corrected chi connectivity index (χ3v) is 4.78. The summed E-state index contributed by atoms with van der Waals surface area (Å²) in [6.45, 7) is 3.02. The molecule has 0 atom stereocenters. The lowest BCUT2D eigenvalue weighted by molar-refractivity contribution is 0.233. The summed E-state index contributed by atoms with van der Waals surface area (Å²) in [6, 6.07) is 2.03. The number of nitrogens with zero attached hydrogens (tertiary/aromatic N) is 3. The van der Waals surface area contributed by atoms with Crippen molar-refractivity contribution in [2.24, 2.45) is 18.7 Å². The van der Waals surface area contributed by atoms with Crippen LogP contribution in [0.25, 0.3) is 11.0 Å². The lowest BCUT2D eigenvalue weighted by atomic mass is 9.70. The molecule has 0 aliphatic heterocycles. The van der Waals surface area contributed by atoms with E-state index in [1.807, 2.05) is 18.5 Å². The van der Waals surface area contributed by atoms with Crippen molar-refractivity contribution in [3.63, 3.8) is 0 Å². The van der Waals surface area contributed by atoms with Crippen molar-refractivity contribution in [3.8, 4) is 0 Å². The van der Waals surface area contributed by atoms with Crippen LogP contribution in [0.2, 0.25) is 0 Å². The average Bonchev–Trinajstić information content (AvgIpc) is 2.79. The second-order valence-corrected chi connectivity index (χ2v) is 6.03. The Morgan fingerprint density at radius 3 is 2.79 bits per heavy atom. The van der Waals surface area contributed by atoms with Crippen LogP contribution in [0.15, 0.2) is 18.5 Å². The van der Waals surface area contributed by atoms with Crippen molar-refractivity contribution in [1.29, 1.82) is 0 Å². The van der Waals surface area contributed by atoms with Gasteiger partial charge in [0.05, 0.1) is 11.7 Å².